The Morgan fingerprint density at radius 1 is 1.17 bits per heavy atom. The van der Waals surface area contributed by atoms with Gasteiger partial charge in [0.1, 0.15) is 5.75 Å². The minimum atomic E-state index is -0.175. The molecule has 0 unspecified atom stereocenters. The molecule has 0 aliphatic carbocycles. The second-order valence-electron chi connectivity index (χ2n) is 6.13. The van der Waals surface area contributed by atoms with E-state index in [0.717, 1.165) is 17.7 Å². The number of methoxy groups -OCH3 is 1. The van der Waals surface area contributed by atoms with Crippen LogP contribution in [0.25, 0.3) is 0 Å². The summed E-state index contributed by atoms with van der Waals surface area (Å²) in [6, 6.07) is 11.3. The maximum absolute atomic E-state index is 12.2. The number of amides is 1. The molecule has 30 heavy (non-hydrogen) atoms. The van der Waals surface area contributed by atoms with E-state index in [9.17, 15) is 4.79 Å². The van der Waals surface area contributed by atoms with Gasteiger partial charge in [0.2, 0.25) is 5.91 Å². The Hall–Kier alpha value is -2.40. The van der Waals surface area contributed by atoms with Crippen molar-refractivity contribution in [3.8, 4) is 5.75 Å². The number of carbonyl (C=O) groups is 1. The topological polar surface area (TPSA) is 96.9 Å². The third-order valence-corrected chi connectivity index (χ3v) is 3.90. The Morgan fingerprint density at radius 2 is 1.97 bits per heavy atom. The highest BCUT2D eigenvalue weighted by atomic mass is 127. The van der Waals surface area contributed by atoms with Crippen molar-refractivity contribution in [2.75, 3.05) is 38.7 Å². The van der Waals surface area contributed by atoms with Gasteiger partial charge < -0.3 is 25.4 Å². The van der Waals surface area contributed by atoms with Crippen molar-refractivity contribution in [1.82, 2.24) is 15.6 Å². The van der Waals surface area contributed by atoms with E-state index in [1.165, 1.54) is 0 Å². The van der Waals surface area contributed by atoms with Crippen LogP contribution < -0.4 is 20.7 Å². The number of guanidine groups is 1. The quantitative estimate of drug-likeness (QED) is 0.180. The number of benzene rings is 1. The first kappa shape index (κ1) is 25.6. The maximum Gasteiger partial charge on any atom is 0.243 e. The fourth-order valence-electron chi connectivity index (χ4n) is 2.41. The Labute approximate surface area is 194 Å². The lowest BCUT2D eigenvalue weighted by atomic mass is 10.2. The van der Waals surface area contributed by atoms with E-state index in [2.05, 4.69) is 25.9 Å². The summed E-state index contributed by atoms with van der Waals surface area (Å²) in [6.45, 7) is 4.61. The summed E-state index contributed by atoms with van der Waals surface area (Å²) in [5.41, 5.74) is 1.70. The van der Waals surface area contributed by atoms with Crippen LogP contribution in [0.1, 0.15) is 18.9 Å². The summed E-state index contributed by atoms with van der Waals surface area (Å²) in [6.07, 6.45) is 4.10. The Bertz CT molecular complexity index is 757. The van der Waals surface area contributed by atoms with Gasteiger partial charge in [-0.2, -0.15) is 0 Å². The molecule has 1 aromatic heterocycles. The average Bonchev–Trinajstić information content (AvgIpc) is 2.76. The zero-order valence-electron chi connectivity index (χ0n) is 17.4. The summed E-state index contributed by atoms with van der Waals surface area (Å²) in [5, 5.41) is 9.08. The van der Waals surface area contributed by atoms with Crippen LogP contribution in [0.3, 0.4) is 0 Å². The van der Waals surface area contributed by atoms with Gasteiger partial charge in [-0.3, -0.25) is 9.78 Å². The summed E-state index contributed by atoms with van der Waals surface area (Å²) in [5.74, 6) is 1.20. The SMILES string of the molecule is CCOCCCNC(=NCc1ccc(OC)cc1)NCC(=O)Nc1cccnc1.I. The number of ether oxygens (including phenoxy) is 2. The number of halogens is 1. The van der Waals surface area contributed by atoms with E-state index in [1.54, 1.807) is 31.6 Å². The number of nitrogens with zero attached hydrogens (tertiary/aromatic N) is 2. The predicted octanol–water partition coefficient (Wildman–Crippen LogP) is 2.81. The van der Waals surface area contributed by atoms with Crippen LogP contribution in [0.15, 0.2) is 53.8 Å². The molecule has 1 aromatic carbocycles. The van der Waals surface area contributed by atoms with Crippen LogP contribution in [0.2, 0.25) is 0 Å². The molecule has 3 N–H and O–H groups in total. The Morgan fingerprint density at radius 3 is 2.63 bits per heavy atom. The monoisotopic (exact) mass is 527 g/mol. The molecule has 0 aliphatic heterocycles. The number of pyridine rings is 1. The van der Waals surface area contributed by atoms with Crippen LogP contribution in [0, 0.1) is 0 Å². The molecule has 0 fully saturated rings. The average molecular weight is 527 g/mol. The van der Waals surface area contributed by atoms with Gasteiger partial charge >= 0.3 is 0 Å². The van der Waals surface area contributed by atoms with Gasteiger partial charge in [-0.1, -0.05) is 12.1 Å². The first-order valence-corrected chi connectivity index (χ1v) is 9.64. The molecule has 0 spiro atoms. The zero-order valence-corrected chi connectivity index (χ0v) is 19.7. The second kappa shape index (κ2) is 15.4. The molecule has 0 aliphatic rings. The van der Waals surface area contributed by atoms with Gasteiger partial charge in [-0.15, -0.1) is 24.0 Å². The highest BCUT2D eigenvalue weighted by Crippen LogP contribution is 2.11. The molecule has 1 amide bonds. The minimum Gasteiger partial charge on any atom is -0.497 e. The van der Waals surface area contributed by atoms with Gasteiger partial charge in [-0.05, 0) is 43.2 Å². The normalized spacial score (nSPS) is 10.7. The van der Waals surface area contributed by atoms with Gasteiger partial charge in [0.25, 0.3) is 0 Å². The number of nitrogens with one attached hydrogen (secondary N) is 3. The van der Waals surface area contributed by atoms with Crippen molar-refractivity contribution in [2.45, 2.75) is 19.9 Å². The molecule has 0 radical (unpaired) electrons. The third kappa shape index (κ3) is 10.4. The zero-order chi connectivity index (χ0) is 20.7. The van der Waals surface area contributed by atoms with Crippen LogP contribution in [-0.2, 0) is 16.1 Å². The molecule has 2 aromatic rings. The molecule has 0 atom stereocenters. The van der Waals surface area contributed by atoms with Crippen molar-refractivity contribution < 1.29 is 14.3 Å². The molecule has 0 bridgehead atoms. The number of aliphatic imine (C=N–C) groups is 1. The maximum atomic E-state index is 12.2. The van der Waals surface area contributed by atoms with E-state index < -0.39 is 0 Å². The van der Waals surface area contributed by atoms with E-state index in [0.29, 0.717) is 38.0 Å². The van der Waals surface area contributed by atoms with Gasteiger partial charge in [0, 0.05) is 26.0 Å². The Kier molecular flexibility index (Phi) is 13.2. The van der Waals surface area contributed by atoms with Gasteiger partial charge in [0.05, 0.1) is 32.1 Å². The number of hydrogen-bond donors (Lipinski definition) is 3. The van der Waals surface area contributed by atoms with E-state index in [-0.39, 0.29) is 36.4 Å². The smallest absolute Gasteiger partial charge is 0.243 e. The van der Waals surface area contributed by atoms with Crippen molar-refractivity contribution in [1.29, 1.82) is 0 Å². The molecular weight excluding hydrogens is 497 g/mol. The third-order valence-electron chi connectivity index (χ3n) is 3.90. The summed E-state index contributed by atoms with van der Waals surface area (Å²) in [7, 11) is 1.64. The van der Waals surface area contributed by atoms with E-state index >= 15 is 0 Å². The molecule has 164 valence electrons. The molecule has 9 heteroatoms. The van der Waals surface area contributed by atoms with Crippen molar-refractivity contribution in [3.63, 3.8) is 0 Å². The van der Waals surface area contributed by atoms with Crippen LogP contribution in [-0.4, -0.2) is 50.3 Å². The van der Waals surface area contributed by atoms with E-state index in [1.807, 2.05) is 31.2 Å². The molecule has 0 saturated carbocycles. The second-order valence-corrected chi connectivity index (χ2v) is 6.13. The number of carbonyl (C=O) groups excluding carboxylic acids is 1. The summed E-state index contributed by atoms with van der Waals surface area (Å²) >= 11 is 0. The number of aromatic nitrogens is 1. The predicted molar refractivity (Wildman–Crippen MR) is 130 cm³/mol. The lowest BCUT2D eigenvalue weighted by Crippen LogP contribution is -2.42. The molecule has 0 saturated heterocycles. The number of rotatable bonds is 11. The fraction of sp³-hybridized carbons (Fsp3) is 0.381. The van der Waals surface area contributed by atoms with Crippen LogP contribution in [0.4, 0.5) is 5.69 Å². The standard InChI is InChI=1S/C21H29N5O3.HI/c1-3-29-13-5-12-23-21(24-14-17-7-9-19(28-2)10-8-17)25-16-20(27)26-18-6-4-11-22-15-18;/h4,6-11,15H,3,5,12-14,16H2,1-2H3,(H,26,27)(H2,23,24,25);1H. The molecule has 2 rings (SSSR count). The largest absolute Gasteiger partial charge is 0.497 e. The molecule has 1 heterocycles. The lowest BCUT2D eigenvalue weighted by molar-refractivity contribution is -0.115. The Balaban J connectivity index is 0.00000450. The highest BCUT2D eigenvalue weighted by molar-refractivity contribution is 14.0. The number of anilines is 1. The van der Waals surface area contributed by atoms with Crippen LogP contribution in [0.5, 0.6) is 5.75 Å². The first-order chi connectivity index (χ1) is 14.2. The van der Waals surface area contributed by atoms with Gasteiger partial charge in [-0.25, -0.2) is 4.99 Å². The summed E-state index contributed by atoms with van der Waals surface area (Å²) < 4.78 is 10.5. The van der Waals surface area contributed by atoms with Crippen molar-refractivity contribution in [2.24, 2.45) is 4.99 Å². The lowest BCUT2D eigenvalue weighted by Gasteiger charge is -2.13. The first-order valence-electron chi connectivity index (χ1n) is 9.64. The highest BCUT2D eigenvalue weighted by Gasteiger charge is 2.05. The molecular formula is C21H30IN5O3. The minimum absolute atomic E-state index is 0. The summed E-state index contributed by atoms with van der Waals surface area (Å²) in [4.78, 5) is 20.7. The van der Waals surface area contributed by atoms with E-state index in [4.69, 9.17) is 9.47 Å². The molecule has 8 nitrogen and oxygen atoms in total. The van der Waals surface area contributed by atoms with Gasteiger partial charge in [0.15, 0.2) is 5.96 Å². The van der Waals surface area contributed by atoms with Crippen LogP contribution >= 0.6 is 24.0 Å². The van der Waals surface area contributed by atoms with Crippen molar-refractivity contribution >= 4 is 41.5 Å². The van der Waals surface area contributed by atoms with Crippen molar-refractivity contribution in [3.05, 3.63) is 54.4 Å². The fourth-order valence-corrected chi connectivity index (χ4v) is 2.41. The number of hydrogen-bond acceptors (Lipinski definition) is 5.